The third-order valence-corrected chi connectivity index (χ3v) is 3.56. The number of H-pyrrole nitrogens is 1. The monoisotopic (exact) mass is 247 g/mol. The lowest BCUT2D eigenvalue weighted by Gasteiger charge is -2.03. The van der Waals surface area contributed by atoms with Crippen molar-refractivity contribution in [2.45, 2.75) is 17.7 Å². The normalized spacial score (nSPS) is 12.6. The zero-order chi connectivity index (χ0) is 12.3. The van der Waals surface area contributed by atoms with Crippen molar-refractivity contribution in [3.05, 3.63) is 36.3 Å². The molecule has 2 aromatic rings. The zero-order valence-corrected chi connectivity index (χ0v) is 10.9. The van der Waals surface area contributed by atoms with E-state index in [4.69, 9.17) is 5.73 Å². The Morgan fingerprint density at radius 1 is 1.35 bits per heavy atom. The Labute approximate surface area is 106 Å². The summed E-state index contributed by atoms with van der Waals surface area (Å²) in [6, 6.07) is 8.45. The number of rotatable bonds is 4. The van der Waals surface area contributed by atoms with Crippen LogP contribution in [0.2, 0.25) is 0 Å². The van der Waals surface area contributed by atoms with Crippen LogP contribution in [0.15, 0.2) is 35.4 Å². The summed E-state index contributed by atoms with van der Waals surface area (Å²) in [6.45, 7) is 2.68. The lowest BCUT2D eigenvalue weighted by Crippen LogP contribution is -2.10. The number of aromatic amines is 1. The van der Waals surface area contributed by atoms with Gasteiger partial charge in [0.25, 0.3) is 0 Å². The van der Waals surface area contributed by atoms with E-state index in [1.807, 2.05) is 6.20 Å². The molecule has 0 saturated carbocycles. The van der Waals surface area contributed by atoms with Crippen LogP contribution in [0.5, 0.6) is 0 Å². The van der Waals surface area contributed by atoms with Crippen molar-refractivity contribution in [1.82, 2.24) is 9.97 Å². The van der Waals surface area contributed by atoms with Crippen LogP contribution in [0.3, 0.4) is 0 Å². The minimum atomic E-state index is 0.272. The van der Waals surface area contributed by atoms with Gasteiger partial charge >= 0.3 is 0 Å². The van der Waals surface area contributed by atoms with E-state index in [9.17, 15) is 0 Å². The van der Waals surface area contributed by atoms with E-state index in [0.29, 0.717) is 6.54 Å². The SMILES string of the molecule is CSc1ccc(-c2cnc(C(C)CN)[nH]2)cc1. The summed E-state index contributed by atoms with van der Waals surface area (Å²) < 4.78 is 0. The van der Waals surface area contributed by atoms with Gasteiger partial charge in [0.1, 0.15) is 5.82 Å². The molecule has 0 fully saturated rings. The fourth-order valence-electron chi connectivity index (χ4n) is 1.62. The highest BCUT2D eigenvalue weighted by molar-refractivity contribution is 7.98. The van der Waals surface area contributed by atoms with E-state index in [2.05, 4.69) is 47.4 Å². The molecule has 0 radical (unpaired) electrons. The van der Waals surface area contributed by atoms with Crippen molar-refractivity contribution < 1.29 is 0 Å². The van der Waals surface area contributed by atoms with Crippen molar-refractivity contribution in [3.63, 3.8) is 0 Å². The first kappa shape index (κ1) is 12.2. The third-order valence-electron chi connectivity index (χ3n) is 2.82. The number of aromatic nitrogens is 2. The fraction of sp³-hybridized carbons (Fsp3) is 0.308. The second-order valence-corrected chi connectivity index (χ2v) is 4.93. The van der Waals surface area contributed by atoms with Crippen LogP contribution in [-0.4, -0.2) is 22.8 Å². The summed E-state index contributed by atoms with van der Waals surface area (Å²) in [5.41, 5.74) is 7.83. The standard InChI is InChI=1S/C13H17N3S/c1-9(7-14)13-15-8-12(16-13)10-3-5-11(17-2)6-4-10/h3-6,8-9H,7,14H2,1-2H3,(H,15,16). The maximum absolute atomic E-state index is 5.63. The molecule has 0 aliphatic heterocycles. The molecular weight excluding hydrogens is 230 g/mol. The van der Waals surface area contributed by atoms with Gasteiger partial charge in [-0.05, 0) is 24.0 Å². The third kappa shape index (κ3) is 2.70. The minimum absolute atomic E-state index is 0.272. The van der Waals surface area contributed by atoms with Crippen LogP contribution in [-0.2, 0) is 0 Å². The highest BCUT2D eigenvalue weighted by Crippen LogP contribution is 2.22. The van der Waals surface area contributed by atoms with Crippen molar-refractivity contribution in [1.29, 1.82) is 0 Å². The molecule has 0 aliphatic carbocycles. The second-order valence-electron chi connectivity index (χ2n) is 4.05. The molecule has 1 heterocycles. The van der Waals surface area contributed by atoms with E-state index in [0.717, 1.165) is 17.1 Å². The number of thioether (sulfide) groups is 1. The van der Waals surface area contributed by atoms with Crippen LogP contribution in [0, 0.1) is 0 Å². The minimum Gasteiger partial charge on any atom is -0.342 e. The molecule has 1 atom stereocenters. The van der Waals surface area contributed by atoms with E-state index >= 15 is 0 Å². The van der Waals surface area contributed by atoms with Gasteiger partial charge in [-0.2, -0.15) is 0 Å². The highest BCUT2D eigenvalue weighted by Gasteiger charge is 2.08. The Hall–Kier alpha value is -1.26. The molecule has 0 saturated heterocycles. The summed E-state index contributed by atoms with van der Waals surface area (Å²) in [7, 11) is 0. The number of nitrogens with one attached hydrogen (secondary N) is 1. The predicted molar refractivity (Wildman–Crippen MR) is 73.3 cm³/mol. The molecule has 1 unspecified atom stereocenters. The number of nitrogens with zero attached hydrogens (tertiary/aromatic N) is 1. The Balaban J connectivity index is 2.24. The predicted octanol–water partition coefficient (Wildman–Crippen LogP) is 2.86. The van der Waals surface area contributed by atoms with Gasteiger partial charge in [0, 0.05) is 17.4 Å². The molecule has 4 heteroatoms. The summed E-state index contributed by atoms with van der Waals surface area (Å²) >= 11 is 1.74. The number of imidazole rings is 1. The molecule has 90 valence electrons. The molecule has 2 rings (SSSR count). The average molecular weight is 247 g/mol. The average Bonchev–Trinajstić information content (AvgIpc) is 2.87. The van der Waals surface area contributed by atoms with Crippen molar-refractivity contribution in [2.24, 2.45) is 5.73 Å². The molecule has 3 nitrogen and oxygen atoms in total. The molecule has 0 amide bonds. The van der Waals surface area contributed by atoms with Gasteiger partial charge in [-0.15, -0.1) is 11.8 Å². The molecule has 0 aliphatic rings. The highest BCUT2D eigenvalue weighted by atomic mass is 32.2. The lowest BCUT2D eigenvalue weighted by molar-refractivity contribution is 0.725. The van der Waals surface area contributed by atoms with Crippen molar-refractivity contribution in [2.75, 3.05) is 12.8 Å². The van der Waals surface area contributed by atoms with E-state index in [1.54, 1.807) is 11.8 Å². The van der Waals surface area contributed by atoms with E-state index in [1.165, 1.54) is 4.90 Å². The second kappa shape index (κ2) is 5.38. The Bertz CT molecular complexity index is 476. The van der Waals surface area contributed by atoms with Gasteiger partial charge in [-0.3, -0.25) is 0 Å². The Morgan fingerprint density at radius 3 is 2.65 bits per heavy atom. The van der Waals surface area contributed by atoms with Gasteiger partial charge in [0.05, 0.1) is 11.9 Å². The molecular formula is C13H17N3S. The van der Waals surface area contributed by atoms with Gasteiger partial charge < -0.3 is 10.7 Å². The van der Waals surface area contributed by atoms with E-state index in [-0.39, 0.29) is 5.92 Å². The van der Waals surface area contributed by atoms with Crippen LogP contribution in [0.1, 0.15) is 18.7 Å². The smallest absolute Gasteiger partial charge is 0.110 e. The zero-order valence-electron chi connectivity index (χ0n) is 10.1. The summed E-state index contributed by atoms with van der Waals surface area (Å²) in [6.07, 6.45) is 3.95. The largest absolute Gasteiger partial charge is 0.342 e. The summed E-state index contributed by atoms with van der Waals surface area (Å²) in [5.74, 6) is 1.23. The molecule has 1 aromatic carbocycles. The molecule has 0 bridgehead atoms. The Kier molecular flexibility index (Phi) is 3.86. The van der Waals surface area contributed by atoms with E-state index < -0.39 is 0 Å². The van der Waals surface area contributed by atoms with Crippen molar-refractivity contribution >= 4 is 11.8 Å². The van der Waals surface area contributed by atoms with Crippen LogP contribution in [0.4, 0.5) is 0 Å². The maximum atomic E-state index is 5.63. The first-order chi connectivity index (χ1) is 8.24. The number of hydrogen-bond donors (Lipinski definition) is 2. The Morgan fingerprint density at radius 2 is 2.06 bits per heavy atom. The first-order valence-electron chi connectivity index (χ1n) is 5.64. The van der Waals surface area contributed by atoms with Crippen molar-refractivity contribution in [3.8, 4) is 11.3 Å². The van der Waals surface area contributed by atoms with Gasteiger partial charge in [0.15, 0.2) is 0 Å². The van der Waals surface area contributed by atoms with Crippen LogP contribution >= 0.6 is 11.8 Å². The summed E-state index contributed by atoms with van der Waals surface area (Å²) in [4.78, 5) is 8.95. The molecule has 17 heavy (non-hydrogen) atoms. The van der Waals surface area contributed by atoms with Gasteiger partial charge in [0.2, 0.25) is 0 Å². The first-order valence-corrected chi connectivity index (χ1v) is 6.86. The fourth-order valence-corrected chi connectivity index (χ4v) is 2.02. The number of benzene rings is 1. The molecule has 3 N–H and O–H groups in total. The molecule has 1 aromatic heterocycles. The number of nitrogens with two attached hydrogens (primary N) is 1. The maximum Gasteiger partial charge on any atom is 0.110 e. The number of hydrogen-bond acceptors (Lipinski definition) is 3. The van der Waals surface area contributed by atoms with Gasteiger partial charge in [-0.25, -0.2) is 4.98 Å². The van der Waals surface area contributed by atoms with Crippen LogP contribution in [0.25, 0.3) is 11.3 Å². The quantitative estimate of drug-likeness (QED) is 0.817. The lowest BCUT2D eigenvalue weighted by atomic mass is 10.1. The summed E-state index contributed by atoms with van der Waals surface area (Å²) in [5, 5.41) is 0. The molecule has 0 spiro atoms. The van der Waals surface area contributed by atoms with Crippen LogP contribution < -0.4 is 5.73 Å². The topological polar surface area (TPSA) is 54.7 Å². The van der Waals surface area contributed by atoms with Gasteiger partial charge in [-0.1, -0.05) is 19.1 Å².